The third kappa shape index (κ3) is 4.39. The second-order valence-electron chi connectivity index (χ2n) is 7.94. The van der Waals surface area contributed by atoms with Crippen LogP contribution in [0.25, 0.3) is 5.76 Å². The Balaban J connectivity index is 2.02. The normalized spacial score (nSPS) is 17.0. The third-order valence-corrected chi connectivity index (χ3v) is 7.14. The molecule has 0 bridgehead atoms. The molecule has 3 aromatic rings. The molecule has 1 saturated heterocycles. The lowest BCUT2D eigenvalue weighted by molar-refractivity contribution is -0.132. The number of ketones is 1. The first kappa shape index (κ1) is 26.2. The van der Waals surface area contributed by atoms with Gasteiger partial charge in [0.25, 0.3) is 11.7 Å². The number of nitrogens with zero attached hydrogens (tertiary/aromatic N) is 1. The van der Waals surface area contributed by atoms with Crippen molar-refractivity contribution in [2.75, 3.05) is 19.1 Å². The lowest BCUT2D eigenvalue weighted by atomic mass is 9.94. The highest BCUT2D eigenvalue weighted by Gasteiger charge is 2.47. The van der Waals surface area contributed by atoms with Crippen molar-refractivity contribution >= 4 is 69.5 Å². The van der Waals surface area contributed by atoms with E-state index >= 15 is 0 Å². The summed E-state index contributed by atoms with van der Waals surface area (Å²) in [7, 11) is 2.72. The maximum atomic E-state index is 13.4. The van der Waals surface area contributed by atoms with Crippen LogP contribution in [0.3, 0.4) is 0 Å². The summed E-state index contributed by atoms with van der Waals surface area (Å²) in [4.78, 5) is 28.0. The molecule has 10 heteroatoms. The van der Waals surface area contributed by atoms with Gasteiger partial charge in [-0.3, -0.25) is 14.5 Å². The molecular formula is C26H19Cl4NO5. The number of aryl methyl sites for hydroxylation is 1. The maximum Gasteiger partial charge on any atom is 0.300 e. The summed E-state index contributed by atoms with van der Waals surface area (Å²) in [6.07, 6.45) is 0. The average Bonchev–Trinajstić information content (AvgIpc) is 3.11. The van der Waals surface area contributed by atoms with Gasteiger partial charge in [0.05, 0.1) is 36.4 Å². The molecule has 4 rings (SSSR count). The van der Waals surface area contributed by atoms with E-state index in [-0.39, 0.29) is 32.7 Å². The van der Waals surface area contributed by atoms with Gasteiger partial charge in [0, 0.05) is 15.7 Å². The molecule has 0 spiro atoms. The van der Waals surface area contributed by atoms with Gasteiger partial charge in [0.1, 0.15) is 10.8 Å². The first-order valence-corrected chi connectivity index (χ1v) is 12.0. The molecule has 36 heavy (non-hydrogen) atoms. The molecule has 1 aliphatic heterocycles. The summed E-state index contributed by atoms with van der Waals surface area (Å²) in [6, 6.07) is 11.9. The topological polar surface area (TPSA) is 76.1 Å². The number of methoxy groups -OCH3 is 2. The van der Waals surface area contributed by atoms with Crippen molar-refractivity contribution in [2.24, 2.45) is 0 Å². The molecule has 1 atom stereocenters. The van der Waals surface area contributed by atoms with E-state index in [4.69, 9.17) is 55.9 Å². The Morgan fingerprint density at radius 3 is 2.11 bits per heavy atom. The second-order valence-corrected chi connectivity index (χ2v) is 9.57. The van der Waals surface area contributed by atoms with Crippen LogP contribution in [0.15, 0.2) is 54.1 Å². The molecule has 186 valence electrons. The number of benzene rings is 3. The number of anilines is 1. The van der Waals surface area contributed by atoms with Gasteiger partial charge in [0.2, 0.25) is 0 Å². The minimum Gasteiger partial charge on any atom is -0.507 e. The number of carbonyl (C=O) groups is 2. The van der Waals surface area contributed by atoms with Crippen molar-refractivity contribution in [3.8, 4) is 11.5 Å². The van der Waals surface area contributed by atoms with Crippen molar-refractivity contribution in [3.63, 3.8) is 0 Å². The second kappa shape index (κ2) is 10.2. The molecule has 0 saturated carbocycles. The Kier molecular flexibility index (Phi) is 7.43. The Hall–Kier alpha value is -2.90. The fourth-order valence-electron chi connectivity index (χ4n) is 4.08. The number of amides is 1. The maximum absolute atomic E-state index is 13.4. The number of hydrogen-bond acceptors (Lipinski definition) is 5. The lowest BCUT2D eigenvalue weighted by Gasteiger charge is -2.26. The van der Waals surface area contributed by atoms with E-state index in [1.165, 1.54) is 25.2 Å². The SMILES string of the molecule is COc1c(Cl)cc(/C(O)=C2\C(=O)C(=O)N(c3ccc(C)c(Cl)c3)C2c2ccc(Cl)cc2)c(OC)c1Cl. The van der Waals surface area contributed by atoms with Gasteiger partial charge in [-0.15, -0.1) is 0 Å². The number of rotatable bonds is 5. The minimum absolute atomic E-state index is 0.00311. The number of halogens is 4. The lowest BCUT2D eigenvalue weighted by Crippen LogP contribution is -2.29. The molecule has 0 radical (unpaired) electrons. The Bertz CT molecular complexity index is 1420. The molecule has 1 aliphatic rings. The van der Waals surface area contributed by atoms with Crippen LogP contribution in [0.5, 0.6) is 11.5 Å². The fraction of sp³-hybridized carbons (Fsp3) is 0.154. The number of aliphatic hydroxyl groups is 1. The van der Waals surface area contributed by atoms with Gasteiger partial charge in [-0.2, -0.15) is 0 Å². The smallest absolute Gasteiger partial charge is 0.300 e. The van der Waals surface area contributed by atoms with E-state index in [9.17, 15) is 14.7 Å². The van der Waals surface area contributed by atoms with Crippen LogP contribution in [0.2, 0.25) is 20.1 Å². The van der Waals surface area contributed by atoms with E-state index in [0.29, 0.717) is 21.3 Å². The van der Waals surface area contributed by atoms with Crippen LogP contribution in [0.1, 0.15) is 22.7 Å². The van der Waals surface area contributed by atoms with Gasteiger partial charge in [-0.05, 0) is 48.4 Å². The minimum atomic E-state index is -1.01. The summed E-state index contributed by atoms with van der Waals surface area (Å²) in [5.41, 5.74) is 1.54. The Morgan fingerprint density at radius 1 is 0.889 bits per heavy atom. The number of ether oxygens (including phenoxy) is 2. The predicted molar refractivity (Wildman–Crippen MR) is 142 cm³/mol. The van der Waals surface area contributed by atoms with Gasteiger partial charge in [-0.25, -0.2) is 0 Å². The van der Waals surface area contributed by atoms with E-state index in [2.05, 4.69) is 0 Å². The zero-order chi connectivity index (χ0) is 26.3. The number of aliphatic hydroxyl groups excluding tert-OH is 1. The summed E-state index contributed by atoms with van der Waals surface area (Å²) in [6.45, 7) is 1.82. The first-order chi connectivity index (χ1) is 17.1. The van der Waals surface area contributed by atoms with Gasteiger partial charge in [0.15, 0.2) is 11.5 Å². The number of hydrogen-bond donors (Lipinski definition) is 1. The zero-order valence-corrected chi connectivity index (χ0v) is 22.3. The first-order valence-electron chi connectivity index (χ1n) is 10.5. The monoisotopic (exact) mass is 565 g/mol. The molecule has 6 nitrogen and oxygen atoms in total. The molecule has 0 aromatic heterocycles. The molecule has 1 heterocycles. The number of Topliss-reactive ketones (excluding diaryl/α,β-unsaturated/α-hetero) is 1. The number of carbonyl (C=O) groups excluding carboxylic acids is 2. The standard InChI is InChI=1S/C26H19Cl4NO5/c1-12-4-9-15(10-17(12)28)31-21(13-5-7-14(27)8-6-13)19(23(33)26(31)34)22(32)16-11-18(29)25(36-3)20(30)24(16)35-2/h4-11,21,32H,1-3H3/b22-19+. The van der Waals surface area contributed by atoms with E-state index in [0.717, 1.165) is 5.56 Å². The largest absolute Gasteiger partial charge is 0.507 e. The predicted octanol–water partition coefficient (Wildman–Crippen LogP) is 7.25. The zero-order valence-electron chi connectivity index (χ0n) is 19.2. The quantitative estimate of drug-likeness (QED) is 0.200. The van der Waals surface area contributed by atoms with E-state index in [1.807, 2.05) is 6.92 Å². The van der Waals surface area contributed by atoms with Crippen LogP contribution in [-0.4, -0.2) is 31.0 Å². The Morgan fingerprint density at radius 2 is 1.53 bits per heavy atom. The van der Waals surface area contributed by atoms with E-state index < -0.39 is 23.5 Å². The van der Waals surface area contributed by atoms with Crippen LogP contribution in [0.4, 0.5) is 5.69 Å². The summed E-state index contributed by atoms with van der Waals surface area (Å²) >= 11 is 25.1. The van der Waals surface area contributed by atoms with Crippen molar-refractivity contribution in [2.45, 2.75) is 13.0 Å². The van der Waals surface area contributed by atoms with Crippen molar-refractivity contribution < 1.29 is 24.2 Å². The van der Waals surface area contributed by atoms with Crippen LogP contribution in [0, 0.1) is 6.92 Å². The summed E-state index contributed by atoms with van der Waals surface area (Å²) in [5, 5.41) is 12.4. The average molecular weight is 567 g/mol. The van der Waals surface area contributed by atoms with Crippen LogP contribution >= 0.6 is 46.4 Å². The van der Waals surface area contributed by atoms with Gasteiger partial charge >= 0.3 is 0 Å². The van der Waals surface area contributed by atoms with Gasteiger partial charge in [-0.1, -0.05) is 64.6 Å². The molecule has 3 aromatic carbocycles. The fourth-order valence-corrected chi connectivity index (χ4v) is 5.07. The molecule has 0 aliphatic carbocycles. The highest BCUT2D eigenvalue weighted by molar-refractivity contribution is 6.52. The van der Waals surface area contributed by atoms with Crippen molar-refractivity contribution in [3.05, 3.63) is 90.9 Å². The molecule has 1 N–H and O–H groups in total. The highest BCUT2D eigenvalue weighted by Crippen LogP contribution is 2.48. The van der Waals surface area contributed by atoms with Crippen LogP contribution < -0.4 is 14.4 Å². The molecule has 1 amide bonds. The molecule has 1 unspecified atom stereocenters. The summed E-state index contributed by atoms with van der Waals surface area (Å²) < 4.78 is 10.6. The highest BCUT2D eigenvalue weighted by atomic mass is 35.5. The molecule has 1 fully saturated rings. The van der Waals surface area contributed by atoms with Crippen molar-refractivity contribution in [1.82, 2.24) is 0 Å². The molecular weight excluding hydrogens is 548 g/mol. The van der Waals surface area contributed by atoms with Crippen molar-refractivity contribution in [1.29, 1.82) is 0 Å². The third-order valence-electron chi connectivity index (χ3n) is 5.86. The summed E-state index contributed by atoms with van der Waals surface area (Å²) in [5.74, 6) is -2.11. The van der Waals surface area contributed by atoms with Gasteiger partial charge < -0.3 is 14.6 Å². The Labute approximate surface area is 227 Å². The van der Waals surface area contributed by atoms with E-state index in [1.54, 1.807) is 42.5 Å². The van der Waals surface area contributed by atoms with Crippen LogP contribution in [-0.2, 0) is 9.59 Å².